The van der Waals surface area contributed by atoms with Crippen molar-refractivity contribution in [3.8, 4) is 0 Å². The van der Waals surface area contributed by atoms with Gasteiger partial charge in [0.05, 0.1) is 12.1 Å². The molecule has 3 amide bonds. The van der Waals surface area contributed by atoms with Crippen LogP contribution in [0, 0.1) is 0 Å². The van der Waals surface area contributed by atoms with Gasteiger partial charge in [-0.1, -0.05) is 0 Å². The number of carbonyl (C=O) groups excluding carboxylic acids is 3. The Balaban J connectivity index is 5.41. The molecule has 13 nitrogen and oxygen atoms in total. The standard InChI is InChI=1S/C20H37N5O8S/c1-11(26)16(25-17(29)12(22)8-10-34-2)19(31)23-13(6-7-15(27)28)18(30)24-14(20(32)33)5-3-4-9-21/h11-14,16,26H,3-10,21-22H2,1-2H3,(H,23,31)(H,24,30)(H,25,29)(H,27,28)(H,32,33). The number of carbonyl (C=O) groups is 5. The Kier molecular flexibility index (Phi) is 15.9. The van der Waals surface area contributed by atoms with Gasteiger partial charge in [-0.05, 0) is 57.6 Å². The van der Waals surface area contributed by atoms with Crippen molar-refractivity contribution in [3.05, 3.63) is 0 Å². The number of unbranched alkanes of at least 4 members (excludes halogenated alkanes) is 1. The number of hydrogen-bond acceptors (Lipinski definition) is 9. The molecule has 0 rings (SSSR count). The van der Waals surface area contributed by atoms with Gasteiger partial charge in [-0.2, -0.15) is 11.8 Å². The van der Waals surface area contributed by atoms with Crippen molar-refractivity contribution in [2.45, 2.75) is 75.7 Å². The molecular weight excluding hydrogens is 470 g/mol. The third-order valence-corrected chi connectivity index (χ3v) is 5.52. The van der Waals surface area contributed by atoms with Crippen LogP contribution in [0.3, 0.4) is 0 Å². The quantitative estimate of drug-likeness (QED) is 0.0943. The zero-order valence-corrected chi connectivity index (χ0v) is 20.3. The lowest BCUT2D eigenvalue weighted by Crippen LogP contribution is -2.59. The first kappa shape index (κ1) is 31.6. The van der Waals surface area contributed by atoms with E-state index in [1.807, 2.05) is 6.26 Å². The van der Waals surface area contributed by atoms with Crippen molar-refractivity contribution < 1.29 is 39.3 Å². The second-order valence-electron chi connectivity index (χ2n) is 7.79. The number of aliphatic carboxylic acids is 2. The number of aliphatic hydroxyl groups excluding tert-OH is 1. The number of carboxylic acids is 2. The molecule has 0 fully saturated rings. The van der Waals surface area contributed by atoms with E-state index in [2.05, 4.69) is 16.0 Å². The molecule has 0 heterocycles. The maximum atomic E-state index is 12.8. The number of amides is 3. The summed E-state index contributed by atoms with van der Waals surface area (Å²) < 4.78 is 0. The van der Waals surface area contributed by atoms with Crippen LogP contribution in [0.2, 0.25) is 0 Å². The average molecular weight is 508 g/mol. The van der Waals surface area contributed by atoms with Gasteiger partial charge in [0.15, 0.2) is 0 Å². The van der Waals surface area contributed by atoms with Crippen LogP contribution >= 0.6 is 11.8 Å². The Morgan fingerprint density at radius 1 is 0.882 bits per heavy atom. The van der Waals surface area contributed by atoms with Crippen molar-refractivity contribution in [3.63, 3.8) is 0 Å². The minimum atomic E-state index is -1.47. The van der Waals surface area contributed by atoms with Gasteiger partial charge in [0, 0.05) is 6.42 Å². The molecule has 0 radical (unpaired) electrons. The Morgan fingerprint density at radius 2 is 1.50 bits per heavy atom. The number of hydrogen-bond donors (Lipinski definition) is 8. The first-order chi connectivity index (χ1) is 15.9. The maximum absolute atomic E-state index is 12.8. The van der Waals surface area contributed by atoms with Crippen LogP contribution in [0.5, 0.6) is 0 Å². The number of aliphatic hydroxyl groups is 1. The molecule has 34 heavy (non-hydrogen) atoms. The van der Waals surface area contributed by atoms with Gasteiger partial charge in [-0.15, -0.1) is 0 Å². The van der Waals surface area contributed by atoms with Crippen LogP contribution in [0.15, 0.2) is 0 Å². The minimum absolute atomic E-state index is 0.0954. The lowest BCUT2D eigenvalue weighted by Gasteiger charge is -2.26. The summed E-state index contributed by atoms with van der Waals surface area (Å²) >= 11 is 1.48. The zero-order valence-electron chi connectivity index (χ0n) is 19.5. The molecule has 0 saturated carbocycles. The molecule has 5 unspecified atom stereocenters. The van der Waals surface area contributed by atoms with E-state index < -0.39 is 66.4 Å². The smallest absolute Gasteiger partial charge is 0.326 e. The molecule has 0 bridgehead atoms. The summed E-state index contributed by atoms with van der Waals surface area (Å²) in [7, 11) is 0. The van der Waals surface area contributed by atoms with Crippen LogP contribution in [0.1, 0.15) is 45.4 Å². The minimum Gasteiger partial charge on any atom is -0.481 e. The van der Waals surface area contributed by atoms with E-state index in [0.29, 0.717) is 31.6 Å². The van der Waals surface area contributed by atoms with Gasteiger partial charge in [-0.3, -0.25) is 19.2 Å². The Bertz CT molecular complexity index is 694. The van der Waals surface area contributed by atoms with Crippen molar-refractivity contribution in [2.75, 3.05) is 18.6 Å². The van der Waals surface area contributed by atoms with Gasteiger partial charge in [0.25, 0.3) is 0 Å². The summed E-state index contributed by atoms with van der Waals surface area (Å²) in [6.07, 6.45) is 1.07. The van der Waals surface area contributed by atoms with Gasteiger partial charge in [0.2, 0.25) is 17.7 Å². The fraction of sp³-hybridized carbons (Fsp3) is 0.750. The fourth-order valence-corrected chi connectivity index (χ4v) is 3.35. The highest BCUT2D eigenvalue weighted by Crippen LogP contribution is 2.06. The van der Waals surface area contributed by atoms with E-state index in [4.69, 9.17) is 16.6 Å². The predicted octanol–water partition coefficient (Wildman–Crippen LogP) is -2.02. The van der Waals surface area contributed by atoms with Gasteiger partial charge >= 0.3 is 11.9 Å². The number of thioether (sulfide) groups is 1. The summed E-state index contributed by atoms with van der Waals surface area (Å²) in [6.45, 7) is 1.60. The molecule has 14 heteroatoms. The second kappa shape index (κ2) is 17.1. The molecule has 0 aliphatic carbocycles. The van der Waals surface area contributed by atoms with Crippen molar-refractivity contribution in [1.29, 1.82) is 0 Å². The van der Waals surface area contributed by atoms with Crippen LogP contribution in [0.25, 0.3) is 0 Å². The summed E-state index contributed by atoms with van der Waals surface area (Å²) in [5.74, 6) is -4.43. The van der Waals surface area contributed by atoms with E-state index in [-0.39, 0.29) is 12.8 Å². The lowest BCUT2D eigenvalue weighted by atomic mass is 10.1. The number of carboxylic acid groups (broad SMARTS) is 2. The van der Waals surface area contributed by atoms with Crippen molar-refractivity contribution in [2.24, 2.45) is 11.5 Å². The van der Waals surface area contributed by atoms with E-state index in [9.17, 15) is 34.2 Å². The average Bonchev–Trinajstić information content (AvgIpc) is 2.76. The molecule has 5 atom stereocenters. The Morgan fingerprint density at radius 3 is 2.00 bits per heavy atom. The number of rotatable bonds is 18. The summed E-state index contributed by atoms with van der Waals surface area (Å²) in [5, 5.41) is 35.3. The van der Waals surface area contributed by atoms with Gasteiger partial charge < -0.3 is 42.7 Å². The monoisotopic (exact) mass is 507 g/mol. The molecule has 0 saturated heterocycles. The third kappa shape index (κ3) is 12.7. The third-order valence-electron chi connectivity index (χ3n) is 4.87. The highest BCUT2D eigenvalue weighted by molar-refractivity contribution is 7.98. The second-order valence-corrected chi connectivity index (χ2v) is 8.78. The SMILES string of the molecule is CSCCC(N)C(=O)NC(C(=O)NC(CCC(=O)O)C(=O)NC(CCCCN)C(=O)O)C(C)O. The molecule has 0 aromatic carbocycles. The molecular formula is C20H37N5O8S. The Hall–Kier alpha value is -2.42. The van der Waals surface area contributed by atoms with Crippen LogP contribution in [-0.4, -0.2) is 93.8 Å². The molecule has 0 aromatic heterocycles. The first-order valence-corrected chi connectivity index (χ1v) is 12.3. The highest BCUT2D eigenvalue weighted by Gasteiger charge is 2.32. The van der Waals surface area contributed by atoms with E-state index in [0.717, 1.165) is 0 Å². The van der Waals surface area contributed by atoms with Crippen molar-refractivity contribution in [1.82, 2.24) is 16.0 Å². The van der Waals surface area contributed by atoms with E-state index in [1.165, 1.54) is 18.7 Å². The largest absolute Gasteiger partial charge is 0.481 e. The fourth-order valence-electron chi connectivity index (χ4n) is 2.86. The number of nitrogens with two attached hydrogens (primary N) is 2. The van der Waals surface area contributed by atoms with Crippen LogP contribution < -0.4 is 27.4 Å². The van der Waals surface area contributed by atoms with Gasteiger partial charge in [0.1, 0.15) is 18.1 Å². The van der Waals surface area contributed by atoms with Gasteiger partial charge in [-0.25, -0.2) is 4.79 Å². The first-order valence-electron chi connectivity index (χ1n) is 10.9. The lowest BCUT2D eigenvalue weighted by molar-refractivity contribution is -0.143. The summed E-state index contributed by atoms with van der Waals surface area (Å²) in [5.41, 5.74) is 11.2. The predicted molar refractivity (Wildman–Crippen MR) is 126 cm³/mol. The van der Waals surface area contributed by atoms with Crippen LogP contribution in [0.4, 0.5) is 0 Å². The normalized spacial score (nSPS) is 15.3. The highest BCUT2D eigenvalue weighted by atomic mass is 32.2. The van der Waals surface area contributed by atoms with Crippen LogP contribution in [-0.2, 0) is 24.0 Å². The molecule has 10 N–H and O–H groups in total. The maximum Gasteiger partial charge on any atom is 0.326 e. The van der Waals surface area contributed by atoms with Crippen molar-refractivity contribution >= 4 is 41.4 Å². The summed E-state index contributed by atoms with van der Waals surface area (Å²) in [4.78, 5) is 60.2. The molecule has 196 valence electrons. The topological polar surface area (TPSA) is 234 Å². The molecule has 0 spiro atoms. The molecule has 0 aromatic rings. The zero-order chi connectivity index (χ0) is 26.3. The molecule has 0 aliphatic rings. The molecule has 0 aliphatic heterocycles. The summed E-state index contributed by atoms with van der Waals surface area (Å²) in [6, 6.07) is -5.06. The van der Waals surface area contributed by atoms with E-state index >= 15 is 0 Å². The Labute approximate surface area is 202 Å². The number of nitrogens with one attached hydrogen (secondary N) is 3. The van der Waals surface area contributed by atoms with E-state index in [1.54, 1.807) is 0 Å².